The summed E-state index contributed by atoms with van der Waals surface area (Å²) in [6, 6.07) is 4.30. The predicted molar refractivity (Wildman–Crippen MR) is 104 cm³/mol. The number of nitrogens with zero attached hydrogens (tertiary/aromatic N) is 1. The van der Waals surface area contributed by atoms with E-state index in [1.165, 1.54) is 29.4 Å². The Morgan fingerprint density at radius 2 is 1.96 bits per heavy atom. The molecule has 0 fully saturated rings. The second-order valence-electron chi connectivity index (χ2n) is 6.95. The number of hydrogen-bond acceptors (Lipinski definition) is 5. The fourth-order valence-electron chi connectivity index (χ4n) is 2.99. The third kappa shape index (κ3) is 4.82. The zero-order chi connectivity index (χ0) is 21.1. The normalized spacial score (nSPS) is 12.0. The van der Waals surface area contributed by atoms with Crippen LogP contribution in [-0.2, 0) is 10.0 Å². The van der Waals surface area contributed by atoms with E-state index in [4.69, 9.17) is 5.11 Å². The first kappa shape index (κ1) is 21.7. The van der Waals surface area contributed by atoms with E-state index in [0.29, 0.717) is 17.3 Å². The number of amides is 1. The van der Waals surface area contributed by atoms with Crippen molar-refractivity contribution in [2.75, 3.05) is 19.6 Å². The zero-order valence-corrected chi connectivity index (χ0v) is 16.8. The van der Waals surface area contributed by atoms with Gasteiger partial charge in [0.05, 0.1) is 10.5 Å². The van der Waals surface area contributed by atoms with E-state index >= 15 is 0 Å². The fourth-order valence-corrected chi connectivity index (χ4v) is 4.66. The number of aromatic hydroxyl groups is 1. The summed E-state index contributed by atoms with van der Waals surface area (Å²) in [4.78, 5) is 25.0. The Labute approximate surface area is 163 Å². The lowest BCUT2D eigenvalue weighted by atomic mass is 10.1. The molecular formula is C18H25N3O6S. The lowest BCUT2D eigenvalue weighted by molar-refractivity contribution is 0.101. The predicted octanol–water partition coefficient (Wildman–Crippen LogP) is 2.38. The largest absolute Gasteiger partial charge is 0.494 e. The molecule has 0 atom stereocenters. The smallest absolute Gasteiger partial charge is 0.404 e. The average Bonchev–Trinajstić information content (AvgIpc) is 2.91. The van der Waals surface area contributed by atoms with Crippen LogP contribution in [0.25, 0.3) is 10.9 Å². The van der Waals surface area contributed by atoms with Crippen LogP contribution in [0.1, 0.15) is 37.6 Å². The summed E-state index contributed by atoms with van der Waals surface area (Å²) < 4.78 is 27.6. The Morgan fingerprint density at radius 3 is 2.54 bits per heavy atom. The summed E-state index contributed by atoms with van der Waals surface area (Å²) in [6.45, 7) is 5.63. The van der Waals surface area contributed by atoms with E-state index in [9.17, 15) is 23.1 Å². The van der Waals surface area contributed by atoms with E-state index in [-0.39, 0.29) is 47.7 Å². The lowest BCUT2D eigenvalue weighted by Gasteiger charge is -2.24. The molecule has 0 spiro atoms. The Balaban J connectivity index is 2.38. The van der Waals surface area contributed by atoms with Crippen molar-refractivity contribution in [2.45, 2.75) is 32.1 Å². The molecule has 0 aliphatic rings. The van der Waals surface area contributed by atoms with Gasteiger partial charge in [0.1, 0.15) is 0 Å². The van der Waals surface area contributed by atoms with Gasteiger partial charge in [-0.05, 0) is 37.5 Å². The zero-order valence-electron chi connectivity index (χ0n) is 16.0. The summed E-state index contributed by atoms with van der Waals surface area (Å²) in [5.74, 6) is -0.608. The molecular weight excluding hydrogens is 386 g/mol. The molecule has 1 heterocycles. The van der Waals surface area contributed by atoms with E-state index in [1.54, 1.807) is 0 Å². The summed E-state index contributed by atoms with van der Waals surface area (Å²) in [7, 11) is -3.87. The first-order chi connectivity index (χ1) is 13.0. The van der Waals surface area contributed by atoms with Crippen molar-refractivity contribution in [3.05, 3.63) is 23.8 Å². The van der Waals surface area contributed by atoms with Crippen LogP contribution in [0.3, 0.4) is 0 Å². The molecule has 154 valence electrons. The van der Waals surface area contributed by atoms with Gasteiger partial charge >= 0.3 is 6.09 Å². The van der Waals surface area contributed by atoms with E-state index in [1.807, 2.05) is 13.8 Å². The Hall–Kier alpha value is -2.59. The van der Waals surface area contributed by atoms with Crippen LogP contribution in [0.2, 0.25) is 0 Å². The standard InChI is InChI=1S/C18H25N3O6S/c1-11(2)10-21(8-4-7-19-18(24)25)28(26,27)13-5-6-15-14(9-13)16(12(3)22)17(23)20-15/h5-6,9,11,19-20,23H,4,7-8,10H2,1-3H3,(H,24,25). The number of carbonyl (C=O) groups excluding carboxylic acids is 1. The molecule has 9 nitrogen and oxygen atoms in total. The first-order valence-corrected chi connectivity index (χ1v) is 10.3. The second kappa shape index (κ2) is 8.61. The van der Waals surface area contributed by atoms with Gasteiger partial charge in [0.25, 0.3) is 0 Å². The van der Waals surface area contributed by atoms with Gasteiger partial charge in [-0.15, -0.1) is 0 Å². The number of Topliss-reactive ketones (excluding diaryl/α,β-unsaturated/α-hetero) is 1. The van der Waals surface area contributed by atoms with Crippen LogP contribution < -0.4 is 5.32 Å². The molecule has 0 radical (unpaired) electrons. The highest BCUT2D eigenvalue weighted by molar-refractivity contribution is 7.89. The Morgan fingerprint density at radius 1 is 1.29 bits per heavy atom. The number of aromatic nitrogens is 1. The second-order valence-corrected chi connectivity index (χ2v) is 8.89. The van der Waals surface area contributed by atoms with E-state index < -0.39 is 16.1 Å². The molecule has 1 aromatic heterocycles. The lowest BCUT2D eigenvalue weighted by Crippen LogP contribution is -2.36. The molecule has 28 heavy (non-hydrogen) atoms. The molecule has 0 aliphatic carbocycles. The minimum Gasteiger partial charge on any atom is -0.494 e. The molecule has 2 rings (SSSR count). The van der Waals surface area contributed by atoms with E-state index in [0.717, 1.165) is 0 Å². The summed E-state index contributed by atoms with van der Waals surface area (Å²) in [5.41, 5.74) is 0.510. The van der Waals surface area contributed by atoms with Crippen molar-refractivity contribution in [1.82, 2.24) is 14.6 Å². The van der Waals surface area contributed by atoms with Gasteiger partial charge in [0, 0.05) is 30.5 Å². The summed E-state index contributed by atoms with van der Waals surface area (Å²) in [5, 5.41) is 21.1. The van der Waals surface area contributed by atoms with Gasteiger partial charge in [-0.2, -0.15) is 4.31 Å². The van der Waals surface area contributed by atoms with Crippen molar-refractivity contribution in [1.29, 1.82) is 0 Å². The number of hydrogen-bond donors (Lipinski definition) is 4. The van der Waals surface area contributed by atoms with Crippen LogP contribution in [0.15, 0.2) is 23.1 Å². The van der Waals surface area contributed by atoms with Crippen LogP contribution in [0, 0.1) is 5.92 Å². The monoisotopic (exact) mass is 411 g/mol. The minimum absolute atomic E-state index is 0.00773. The number of H-pyrrole nitrogens is 1. The molecule has 0 saturated carbocycles. The van der Waals surface area contributed by atoms with E-state index in [2.05, 4.69) is 10.3 Å². The van der Waals surface area contributed by atoms with Gasteiger partial charge in [0.2, 0.25) is 15.9 Å². The third-order valence-electron chi connectivity index (χ3n) is 4.17. The maximum absolute atomic E-state index is 13.2. The molecule has 10 heteroatoms. The molecule has 0 bridgehead atoms. The molecule has 0 aliphatic heterocycles. The minimum atomic E-state index is -3.87. The Bertz CT molecular complexity index is 981. The number of fused-ring (bicyclic) bond motifs is 1. The van der Waals surface area contributed by atoms with Gasteiger partial charge in [0.15, 0.2) is 5.78 Å². The molecule has 0 unspecified atom stereocenters. The number of sulfonamides is 1. The number of carbonyl (C=O) groups is 2. The molecule has 1 aromatic carbocycles. The molecule has 4 N–H and O–H groups in total. The average molecular weight is 411 g/mol. The maximum atomic E-state index is 13.2. The number of rotatable bonds is 9. The molecule has 2 aromatic rings. The van der Waals surface area contributed by atoms with Crippen LogP contribution in [-0.4, -0.2) is 59.4 Å². The van der Waals surface area contributed by atoms with Crippen LogP contribution >= 0.6 is 0 Å². The quantitative estimate of drug-likeness (QED) is 0.369. The first-order valence-electron chi connectivity index (χ1n) is 8.86. The highest BCUT2D eigenvalue weighted by atomic mass is 32.2. The fraction of sp³-hybridized carbons (Fsp3) is 0.444. The highest BCUT2D eigenvalue weighted by Gasteiger charge is 2.26. The van der Waals surface area contributed by atoms with Crippen molar-refractivity contribution < 1.29 is 28.2 Å². The highest BCUT2D eigenvalue weighted by Crippen LogP contribution is 2.30. The van der Waals surface area contributed by atoms with Crippen molar-refractivity contribution in [3.8, 4) is 5.88 Å². The number of aromatic amines is 1. The van der Waals surface area contributed by atoms with Gasteiger partial charge in [-0.1, -0.05) is 13.8 Å². The summed E-state index contributed by atoms with van der Waals surface area (Å²) >= 11 is 0. The molecule has 1 amide bonds. The maximum Gasteiger partial charge on any atom is 0.404 e. The van der Waals surface area contributed by atoms with Gasteiger partial charge in [-0.25, -0.2) is 13.2 Å². The van der Waals surface area contributed by atoms with Gasteiger partial charge in [-0.3, -0.25) is 4.79 Å². The number of nitrogens with one attached hydrogen (secondary N) is 2. The number of ketones is 1. The molecule has 0 saturated heterocycles. The topological polar surface area (TPSA) is 140 Å². The van der Waals surface area contributed by atoms with Crippen molar-refractivity contribution >= 4 is 32.8 Å². The third-order valence-corrected chi connectivity index (χ3v) is 6.03. The van der Waals surface area contributed by atoms with Crippen LogP contribution in [0.4, 0.5) is 4.79 Å². The van der Waals surface area contributed by atoms with Crippen molar-refractivity contribution in [2.24, 2.45) is 5.92 Å². The summed E-state index contributed by atoms with van der Waals surface area (Å²) in [6.07, 6.45) is -0.836. The van der Waals surface area contributed by atoms with Crippen molar-refractivity contribution in [3.63, 3.8) is 0 Å². The Kier molecular flexibility index (Phi) is 6.68. The van der Waals surface area contributed by atoms with Crippen LogP contribution in [0.5, 0.6) is 5.88 Å². The SMILES string of the molecule is CC(=O)c1c(O)[nH]c2ccc(S(=O)(=O)N(CCCNC(=O)O)CC(C)C)cc12. The number of carboxylic acid groups (broad SMARTS) is 1. The van der Waals surface area contributed by atoms with Gasteiger partial charge < -0.3 is 20.5 Å². The number of benzene rings is 1.